The fourth-order valence-corrected chi connectivity index (χ4v) is 2.34. The number of carbonyl (C=O) groups is 1. The maximum Gasteiger partial charge on any atom is 0.273 e. The van der Waals surface area contributed by atoms with Crippen molar-refractivity contribution in [1.82, 2.24) is 15.1 Å². The Morgan fingerprint density at radius 3 is 3.00 bits per heavy atom. The van der Waals surface area contributed by atoms with E-state index in [1.54, 1.807) is 10.9 Å². The van der Waals surface area contributed by atoms with Crippen molar-refractivity contribution in [2.75, 3.05) is 12.3 Å². The minimum absolute atomic E-state index is 0.156. The number of nitrogens with zero attached hydrogens (tertiary/aromatic N) is 2. The van der Waals surface area contributed by atoms with Gasteiger partial charge in [0.2, 0.25) is 0 Å². The van der Waals surface area contributed by atoms with Crippen molar-refractivity contribution in [3.8, 4) is 0 Å². The van der Waals surface area contributed by atoms with Gasteiger partial charge in [-0.1, -0.05) is 6.42 Å². The van der Waals surface area contributed by atoms with E-state index < -0.39 is 0 Å². The summed E-state index contributed by atoms with van der Waals surface area (Å²) in [5, 5.41) is 16.6. The molecule has 1 aromatic heterocycles. The highest BCUT2D eigenvalue weighted by molar-refractivity contribution is 5.96. The number of hydrogen-bond acceptors (Lipinski definition) is 4. The third kappa shape index (κ3) is 2.64. The molecule has 0 bridgehead atoms. The van der Waals surface area contributed by atoms with E-state index in [-0.39, 0.29) is 23.6 Å². The summed E-state index contributed by atoms with van der Waals surface area (Å²) >= 11 is 0. The molecule has 2 unspecified atom stereocenters. The number of aromatic nitrogens is 2. The van der Waals surface area contributed by atoms with Crippen LogP contribution in [0.3, 0.4) is 0 Å². The van der Waals surface area contributed by atoms with Crippen LogP contribution in [0.5, 0.6) is 0 Å². The summed E-state index contributed by atoms with van der Waals surface area (Å²) in [4.78, 5) is 11.9. The molecule has 2 rings (SSSR count). The van der Waals surface area contributed by atoms with Crippen LogP contribution in [0.15, 0.2) is 6.20 Å². The van der Waals surface area contributed by atoms with Crippen LogP contribution in [0, 0.1) is 5.92 Å². The van der Waals surface area contributed by atoms with Crippen molar-refractivity contribution in [3.63, 3.8) is 0 Å². The number of hydrogen-bond donors (Lipinski definition) is 3. The Hall–Kier alpha value is -1.56. The molecule has 18 heavy (non-hydrogen) atoms. The number of anilines is 1. The third-order valence-electron chi connectivity index (χ3n) is 3.47. The number of carbonyl (C=O) groups excluding carboxylic acids is 1. The van der Waals surface area contributed by atoms with E-state index in [0.717, 1.165) is 19.3 Å². The zero-order valence-corrected chi connectivity index (χ0v) is 10.6. The van der Waals surface area contributed by atoms with Crippen LogP contribution in [-0.2, 0) is 6.54 Å². The molecule has 1 saturated carbocycles. The van der Waals surface area contributed by atoms with Gasteiger partial charge in [0.05, 0.1) is 11.8 Å². The summed E-state index contributed by atoms with van der Waals surface area (Å²) in [5.74, 6) is -0.109. The molecule has 0 radical (unpaired) electrons. The van der Waals surface area contributed by atoms with Crippen LogP contribution in [0.25, 0.3) is 0 Å². The van der Waals surface area contributed by atoms with Crippen molar-refractivity contribution in [1.29, 1.82) is 0 Å². The molecule has 6 heteroatoms. The number of rotatable bonds is 4. The first-order valence-corrected chi connectivity index (χ1v) is 6.41. The van der Waals surface area contributed by atoms with Gasteiger partial charge >= 0.3 is 0 Å². The van der Waals surface area contributed by atoms with E-state index in [1.165, 1.54) is 0 Å². The van der Waals surface area contributed by atoms with Gasteiger partial charge in [-0.15, -0.1) is 0 Å². The highest BCUT2D eigenvalue weighted by atomic mass is 16.3. The summed E-state index contributed by atoms with van der Waals surface area (Å²) < 4.78 is 1.63. The molecule has 0 aliphatic heterocycles. The molecule has 4 N–H and O–H groups in total. The maximum atomic E-state index is 11.9. The van der Waals surface area contributed by atoms with Gasteiger partial charge in [0.25, 0.3) is 5.91 Å². The van der Waals surface area contributed by atoms with E-state index in [0.29, 0.717) is 18.8 Å². The molecule has 1 aromatic rings. The smallest absolute Gasteiger partial charge is 0.273 e. The number of aliphatic hydroxyl groups excluding tert-OH is 1. The number of nitrogen functional groups attached to an aromatic ring is 1. The lowest BCUT2D eigenvalue weighted by Gasteiger charge is -2.14. The Morgan fingerprint density at radius 2 is 2.44 bits per heavy atom. The average molecular weight is 252 g/mol. The number of aliphatic hydroxyl groups is 1. The second kappa shape index (κ2) is 5.39. The molecular weight excluding hydrogens is 232 g/mol. The van der Waals surface area contributed by atoms with E-state index in [2.05, 4.69) is 10.4 Å². The van der Waals surface area contributed by atoms with Gasteiger partial charge in [0, 0.05) is 25.2 Å². The summed E-state index contributed by atoms with van der Waals surface area (Å²) in [6.07, 6.45) is 4.16. The predicted molar refractivity (Wildman–Crippen MR) is 68.0 cm³/mol. The molecule has 1 aliphatic carbocycles. The van der Waals surface area contributed by atoms with Gasteiger partial charge in [-0.05, 0) is 19.8 Å². The van der Waals surface area contributed by atoms with E-state index >= 15 is 0 Å². The van der Waals surface area contributed by atoms with Gasteiger partial charge < -0.3 is 16.2 Å². The van der Waals surface area contributed by atoms with Gasteiger partial charge in [0.15, 0.2) is 5.69 Å². The summed E-state index contributed by atoms with van der Waals surface area (Å²) in [6, 6.07) is 0. The Balaban J connectivity index is 1.92. The molecule has 1 heterocycles. The average Bonchev–Trinajstić information content (AvgIpc) is 2.92. The van der Waals surface area contributed by atoms with Crippen molar-refractivity contribution < 1.29 is 9.90 Å². The Labute approximate surface area is 106 Å². The number of nitrogens with two attached hydrogens (primary N) is 1. The minimum Gasteiger partial charge on any atom is -0.396 e. The van der Waals surface area contributed by atoms with Gasteiger partial charge in [-0.25, -0.2) is 0 Å². The van der Waals surface area contributed by atoms with E-state index in [1.807, 2.05) is 6.92 Å². The molecule has 6 nitrogen and oxygen atoms in total. The fraction of sp³-hybridized carbons (Fsp3) is 0.667. The van der Waals surface area contributed by atoms with Crippen LogP contribution in [0.4, 0.5) is 5.69 Å². The normalized spacial score (nSPS) is 23.2. The molecule has 100 valence electrons. The van der Waals surface area contributed by atoms with Crippen LogP contribution in [0.1, 0.15) is 36.7 Å². The van der Waals surface area contributed by atoms with Gasteiger partial charge in [0.1, 0.15) is 0 Å². The predicted octanol–water partition coefficient (Wildman–Crippen LogP) is 0.376. The van der Waals surface area contributed by atoms with Crippen LogP contribution in [-0.4, -0.2) is 33.4 Å². The molecular formula is C12H20N4O2. The second-order valence-corrected chi connectivity index (χ2v) is 4.76. The molecule has 0 saturated heterocycles. The molecule has 1 fully saturated rings. The number of aryl methyl sites for hydroxylation is 1. The monoisotopic (exact) mass is 252 g/mol. The lowest BCUT2D eigenvalue weighted by Crippen LogP contribution is -2.33. The minimum atomic E-state index is -0.296. The Morgan fingerprint density at radius 1 is 1.67 bits per heavy atom. The van der Waals surface area contributed by atoms with Crippen molar-refractivity contribution in [2.45, 2.75) is 38.8 Å². The highest BCUT2D eigenvalue weighted by Gasteiger charge is 2.26. The summed E-state index contributed by atoms with van der Waals surface area (Å²) in [6.45, 7) is 3.10. The van der Waals surface area contributed by atoms with Crippen molar-refractivity contribution in [2.24, 2.45) is 5.92 Å². The molecule has 0 spiro atoms. The lowest BCUT2D eigenvalue weighted by atomic mass is 10.1. The maximum absolute atomic E-state index is 11.9. The zero-order chi connectivity index (χ0) is 13.1. The van der Waals surface area contributed by atoms with Gasteiger partial charge in [-0.2, -0.15) is 5.10 Å². The summed E-state index contributed by atoms with van der Waals surface area (Å²) in [5.41, 5.74) is 6.39. The standard InChI is InChI=1S/C12H20N4O2/c1-2-16-7-9(13)11(15-16)12(18)14-6-8-4-3-5-10(8)17/h7-8,10,17H,2-6,13H2,1H3,(H,14,18). The molecule has 1 aliphatic rings. The van der Waals surface area contributed by atoms with E-state index in [4.69, 9.17) is 5.73 Å². The highest BCUT2D eigenvalue weighted by Crippen LogP contribution is 2.24. The first kappa shape index (κ1) is 12.9. The Bertz CT molecular complexity index is 430. The molecule has 2 atom stereocenters. The van der Waals surface area contributed by atoms with Crippen LogP contribution in [0.2, 0.25) is 0 Å². The van der Waals surface area contributed by atoms with Gasteiger partial charge in [-0.3, -0.25) is 9.48 Å². The third-order valence-corrected chi connectivity index (χ3v) is 3.47. The quantitative estimate of drug-likeness (QED) is 0.722. The number of amides is 1. The lowest BCUT2D eigenvalue weighted by molar-refractivity contribution is 0.0912. The van der Waals surface area contributed by atoms with Crippen LogP contribution >= 0.6 is 0 Å². The Kier molecular flexibility index (Phi) is 3.86. The SMILES string of the molecule is CCn1cc(N)c(C(=O)NCC2CCCC2O)n1. The first-order valence-electron chi connectivity index (χ1n) is 6.41. The van der Waals surface area contributed by atoms with E-state index in [9.17, 15) is 9.90 Å². The van der Waals surface area contributed by atoms with Crippen LogP contribution < -0.4 is 11.1 Å². The molecule has 0 aromatic carbocycles. The largest absolute Gasteiger partial charge is 0.396 e. The van der Waals surface area contributed by atoms with Crippen molar-refractivity contribution in [3.05, 3.63) is 11.9 Å². The topological polar surface area (TPSA) is 93.2 Å². The second-order valence-electron chi connectivity index (χ2n) is 4.76. The zero-order valence-electron chi connectivity index (χ0n) is 10.6. The first-order chi connectivity index (χ1) is 8.61. The molecule has 1 amide bonds. The fourth-order valence-electron chi connectivity index (χ4n) is 2.34. The summed E-state index contributed by atoms with van der Waals surface area (Å²) in [7, 11) is 0. The number of nitrogens with one attached hydrogen (secondary N) is 1. The van der Waals surface area contributed by atoms with Crippen molar-refractivity contribution >= 4 is 11.6 Å².